The van der Waals surface area contributed by atoms with Crippen LogP contribution in [0.15, 0.2) is 29.5 Å². The van der Waals surface area contributed by atoms with E-state index >= 15 is 0 Å². The molecule has 2 fully saturated rings. The maximum Gasteiger partial charge on any atom is 0.262 e. The van der Waals surface area contributed by atoms with Crippen LogP contribution < -0.4 is 5.56 Å². The van der Waals surface area contributed by atoms with Gasteiger partial charge in [-0.3, -0.25) is 9.69 Å². The molecule has 3 aromatic rings. The van der Waals surface area contributed by atoms with Crippen LogP contribution >= 0.6 is 0 Å². The molecule has 152 valence electrons. The Labute approximate surface area is 168 Å². The van der Waals surface area contributed by atoms with E-state index in [9.17, 15) is 4.79 Å². The second-order valence-corrected chi connectivity index (χ2v) is 8.06. The van der Waals surface area contributed by atoms with Gasteiger partial charge in [-0.05, 0) is 24.8 Å². The largest absolute Gasteiger partial charge is 0.381 e. The quantitative estimate of drug-likeness (QED) is 0.714. The van der Waals surface area contributed by atoms with Gasteiger partial charge in [0.1, 0.15) is 17.0 Å². The molecule has 2 atom stereocenters. The lowest BCUT2D eigenvalue weighted by molar-refractivity contribution is 0.0673. The van der Waals surface area contributed by atoms with E-state index in [2.05, 4.69) is 31.9 Å². The van der Waals surface area contributed by atoms with Crippen LogP contribution in [0.2, 0.25) is 0 Å². The van der Waals surface area contributed by atoms with Crippen LogP contribution in [0.3, 0.4) is 0 Å². The monoisotopic (exact) mass is 395 g/mol. The van der Waals surface area contributed by atoms with Crippen molar-refractivity contribution in [3.05, 3.63) is 46.7 Å². The highest BCUT2D eigenvalue weighted by atomic mass is 16.5. The predicted octanol–water partition coefficient (Wildman–Crippen LogP) is 1.50. The Kier molecular flexibility index (Phi) is 4.84. The topological polar surface area (TPSA) is 102 Å². The fourth-order valence-corrected chi connectivity index (χ4v) is 4.49. The van der Waals surface area contributed by atoms with Crippen molar-refractivity contribution in [1.29, 1.82) is 0 Å². The average molecular weight is 395 g/mol. The minimum Gasteiger partial charge on any atom is -0.381 e. The molecule has 9 heteroatoms. The molecule has 3 aromatic heterocycles. The minimum atomic E-state index is -0.111. The first-order chi connectivity index (χ1) is 14.2. The predicted molar refractivity (Wildman–Crippen MR) is 106 cm³/mol. The molecule has 0 bridgehead atoms. The molecule has 2 saturated heterocycles. The van der Waals surface area contributed by atoms with Crippen LogP contribution in [0, 0.1) is 5.92 Å². The molecule has 0 amide bonds. The number of aromatic nitrogens is 6. The zero-order valence-electron chi connectivity index (χ0n) is 16.5. The number of rotatable bonds is 4. The van der Waals surface area contributed by atoms with Gasteiger partial charge in [-0.2, -0.15) is 5.10 Å². The SMILES string of the molecule is C[C@@H]1CN(Cc2ncccn2)C[C@@H]1c1nc2c(cnn2C2CCOCC2)c(=O)[nH]1. The summed E-state index contributed by atoms with van der Waals surface area (Å²) in [6.07, 6.45) is 6.96. The fraction of sp³-hybridized carbons (Fsp3) is 0.550. The lowest BCUT2D eigenvalue weighted by Gasteiger charge is -2.23. The number of nitrogens with one attached hydrogen (secondary N) is 1. The lowest BCUT2D eigenvalue weighted by Crippen LogP contribution is -2.23. The molecule has 29 heavy (non-hydrogen) atoms. The van der Waals surface area contributed by atoms with Gasteiger partial charge >= 0.3 is 0 Å². The highest BCUT2D eigenvalue weighted by Gasteiger charge is 2.33. The van der Waals surface area contributed by atoms with E-state index in [1.54, 1.807) is 18.6 Å². The van der Waals surface area contributed by atoms with E-state index in [-0.39, 0.29) is 17.5 Å². The van der Waals surface area contributed by atoms with Crippen molar-refractivity contribution in [3.63, 3.8) is 0 Å². The third kappa shape index (κ3) is 3.56. The van der Waals surface area contributed by atoms with Gasteiger partial charge < -0.3 is 9.72 Å². The van der Waals surface area contributed by atoms with Crippen LogP contribution in [0.25, 0.3) is 11.0 Å². The minimum absolute atomic E-state index is 0.111. The van der Waals surface area contributed by atoms with Crippen LogP contribution in [-0.4, -0.2) is 60.9 Å². The second kappa shape index (κ2) is 7.64. The van der Waals surface area contributed by atoms with E-state index in [4.69, 9.17) is 9.72 Å². The number of hydrogen-bond acceptors (Lipinski definition) is 7. The third-order valence-corrected chi connectivity index (χ3v) is 6.04. The molecule has 0 aromatic carbocycles. The van der Waals surface area contributed by atoms with Crippen molar-refractivity contribution in [2.75, 3.05) is 26.3 Å². The molecule has 2 aliphatic rings. The number of fused-ring (bicyclic) bond motifs is 1. The zero-order chi connectivity index (χ0) is 19.8. The molecule has 0 unspecified atom stereocenters. The van der Waals surface area contributed by atoms with Crippen LogP contribution in [-0.2, 0) is 11.3 Å². The zero-order valence-corrected chi connectivity index (χ0v) is 16.5. The maximum atomic E-state index is 12.7. The molecule has 1 N–H and O–H groups in total. The van der Waals surface area contributed by atoms with Gasteiger partial charge in [-0.15, -0.1) is 0 Å². The van der Waals surface area contributed by atoms with Crippen molar-refractivity contribution in [2.45, 2.75) is 38.3 Å². The summed E-state index contributed by atoms with van der Waals surface area (Å²) in [7, 11) is 0. The van der Waals surface area contributed by atoms with E-state index in [0.717, 1.165) is 50.8 Å². The molecule has 2 aliphatic heterocycles. The molecule has 5 heterocycles. The normalized spacial score (nSPS) is 23.8. The van der Waals surface area contributed by atoms with E-state index < -0.39 is 0 Å². The summed E-state index contributed by atoms with van der Waals surface area (Å²) in [5, 5.41) is 5.04. The summed E-state index contributed by atoms with van der Waals surface area (Å²) in [5.74, 6) is 2.10. The van der Waals surface area contributed by atoms with Gasteiger partial charge in [0.05, 0.1) is 18.8 Å². The molecule has 0 aliphatic carbocycles. The number of nitrogens with zero attached hydrogens (tertiary/aromatic N) is 6. The standard InChI is InChI=1S/C20H25N7O2/c1-13-10-26(12-17-21-5-2-6-22-17)11-16(13)18-24-19-15(20(28)25-18)9-23-27(19)14-3-7-29-8-4-14/h2,5-6,9,13-14,16H,3-4,7-8,10-12H2,1H3,(H,24,25,28)/t13-,16+/m1/s1. The van der Waals surface area contributed by atoms with Crippen molar-refractivity contribution >= 4 is 11.0 Å². The summed E-state index contributed by atoms with van der Waals surface area (Å²) < 4.78 is 7.39. The summed E-state index contributed by atoms with van der Waals surface area (Å²) in [5.41, 5.74) is 0.577. The van der Waals surface area contributed by atoms with Gasteiger partial charge in [-0.1, -0.05) is 6.92 Å². The van der Waals surface area contributed by atoms with Gasteiger partial charge in [-0.25, -0.2) is 19.6 Å². The molecule has 0 saturated carbocycles. The van der Waals surface area contributed by atoms with Crippen molar-refractivity contribution in [2.24, 2.45) is 5.92 Å². The highest BCUT2D eigenvalue weighted by molar-refractivity contribution is 5.73. The number of aromatic amines is 1. The molecular formula is C20H25N7O2. The Morgan fingerprint density at radius 2 is 2.00 bits per heavy atom. The average Bonchev–Trinajstić information content (AvgIpc) is 3.33. The second-order valence-electron chi connectivity index (χ2n) is 8.06. The van der Waals surface area contributed by atoms with Gasteiger partial charge in [0.25, 0.3) is 5.56 Å². The van der Waals surface area contributed by atoms with E-state index in [1.807, 2.05) is 10.7 Å². The first-order valence-electron chi connectivity index (χ1n) is 10.2. The Balaban J connectivity index is 1.43. The molecule has 0 spiro atoms. The number of H-pyrrole nitrogens is 1. The summed E-state index contributed by atoms with van der Waals surface area (Å²) in [6, 6.07) is 2.06. The van der Waals surface area contributed by atoms with Crippen LogP contribution in [0.1, 0.15) is 43.4 Å². The highest BCUT2D eigenvalue weighted by Crippen LogP contribution is 2.31. The first kappa shape index (κ1) is 18.4. The van der Waals surface area contributed by atoms with E-state index in [0.29, 0.717) is 23.5 Å². The van der Waals surface area contributed by atoms with Gasteiger partial charge in [0.15, 0.2) is 5.65 Å². The van der Waals surface area contributed by atoms with Crippen molar-refractivity contribution < 1.29 is 4.74 Å². The maximum absolute atomic E-state index is 12.7. The van der Waals surface area contributed by atoms with Gasteiger partial charge in [0.2, 0.25) is 0 Å². The fourth-order valence-electron chi connectivity index (χ4n) is 4.49. The smallest absolute Gasteiger partial charge is 0.262 e. The third-order valence-electron chi connectivity index (χ3n) is 6.04. The first-order valence-corrected chi connectivity index (χ1v) is 10.2. The Morgan fingerprint density at radius 3 is 2.79 bits per heavy atom. The summed E-state index contributed by atoms with van der Waals surface area (Å²) in [4.78, 5) is 31.6. The number of ether oxygens (including phenoxy) is 1. The summed E-state index contributed by atoms with van der Waals surface area (Å²) in [6.45, 7) is 6.09. The van der Waals surface area contributed by atoms with Crippen LogP contribution in [0.5, 0.6) is 0 Å². The van der Waals surface area contributed by atoms with Gasteiger partial charge in [0, 0.05) is 44.6 Å². The van der Waals surface area contributed by atoms with Crippen molar-refractivity contribution in [1.82, 2.24) is 34.6 Å². The molecule has 0 radical (unpaired) electrons. The molecule has 9 nitrogen and oxygen atoms in total. The van der Waals surface area contributed by atoms with E-state index in [1.165, 1.54) is 0 Å². The number of likely N-dealkylation sites (tertiary alicyclic amines) is 1. The number of hydrogen-bond donors (Lipinski definition) is 1. The lowest BCUT2D eigenvalue weighted by atomic mass is 9.97. The van der Waals surface area contributed by atoms with Crippen LogP contribution in [0.4, 0.5) is 0 Å². The Bertz CT molecular complexity index is 1040. The van der Waals surface area contributed by atoms with Crippen molar-refractivity contribution in [3.8, 4) is 0 Å². The molecule has 5 rings (SSSR count). The Morgan fingerprint density at radius 1 is 1.21 bits per heavy atom. The Hall–Kier alpha value is -2.65. The summed E-state index contributed by atoms with van der Waals surface area (Å²) >= 11 is 0. The molecular weight excluding hydrogens is 370 g/mol.